The van der Waals surface area contributed by atoms with Crippen LogP contribution in [0.4, 0.5) is 4.39 Å². The first-order chi connectivity index (χ1) is 13.3. The molecule has 1 heterocycles. The molecular formula is C20H22FN5OS. The number of carbonyl (C=O) groups is 1. The Kier molecular flexibility index (Phi) is 6.08. The van der Waals surface area contributed by atoms with Crippen LogP contribution in [0.1, 0.15) is 23.6 Å². The Balaban J connectivity index is 1.72. The van der Waals surface area contributed by atoms with Crippen molar-refractivity contribution in [1.29, 1.82) is 0 Å². The minimum absolute atomic E-state index is 0.0792. The maximum Gasteiger partial charge on any atom is 0.235 e. The SMILES string of the molecule is Cc1ccc(-n2nnnc2S[C@H](C)C(=O)N(C)Cc2cccc(F)c2)c(C)c1. The number of amides is 1. The number of halogens is 1. The number of carbonyl (C=O) groups excluding carboxylic acids is 1. The summed E-state index contributed by atoms with van der Waals surface area (Å²) >= 11 is 1.30. The third-order valence-electron chi connectivity index (χ3n) is 4.34. The summed E-state index contributed by atoms with van der Waals surface area (Å²) in [6.45, 7) is 6.18. The average molecular weight is 399 g/mol. The molecule has 3 rings (SSSR count). The zero-order valence-electron chi connectivity index (χ0n) is 16.3. The summed E-state index contributed by atoms with van der Waals surface area (Å²) in [6.07, 6.45) is 0. The summed E-state index contributed by atoms with van der Waals surface area (Å²) in [6, 6.07) is 12.3. The lowest BCUT2D eigenvalue weighted by Crippen LogP contribution is -2.33. The van der Waals surface area contributed by atoms with E-state index in [0.29, 0.717) is 11.7 Å². The van der Waals surface area contributed by atoms with Gasteiger partial charge in [-0.15, -0.1) is 5.10 Å². The van der Waals surface area contributed by atoms with Gasteiger partial charge in [-0.1, -0.05) is 41.6 Å². The van der Waals surface area contributed by atoms with Gasteiger partial charge in [-0.2, -0.15) is 4.68 Å². The van der Waals surface area contributed by atoms with Gasteiger partial charge in [0, 0.05) is 13.6 Å². The van der Waals surface area contributed by atoms with Crippen molar-refractivity contribution in [3.63, 3.8) is 0 Å². The minimum Gasteiger partial charge on any atom is -0.340 e. The molecule has 0 aliphatic carbocycles. The lowest BCUT2D eigenvalue weighted by Gasteiger charge is -2.21. The number of benzene rings is 2. The summed E-state index contributed by atoms with van der Waals surface area (Å²) in [7, 11) is 1.71. The van der Waals surface area contributed by atoms with Crippen LogP contribution in [0.2, 0.25) is 0 Å². The normalized spacial score (nSPS) is 12.0. The number of nitrogens with zero attached hydrogens (tertiary/aromatic N) is 5. The first-order valence-electron chi connectivity index (χ1n) is 8.87. The van der Waals surface area contributed by atoms with Crippen LogP contribution in [0.15, 0.2) is 47.6 Å². The Morgan fingerprint density at radius 1 is 1.25 bits per heavy atom. The van der Waals surface area contributed by atoms with Crippen molar-refractivity contribution in [2.45, 2.75) is 37.7 Å². The van der Waals surface area contributed by atoms with Gasteiger partial charge in [-0.25, -0.2) is 4.39 Å². The van der Waals surface area contributed by atoms with Gasteiger partial charge in [0.15, 0.2) is 0 Å². The van der Waals surface area contributed by atoms with E-state index < -0.39 is 5.25 Å². The number of tetrazole rings is 1. The number of aromatic nitrogens is 4. The fourth-order valence-electron chi connectivity index (χ4n) is 2.95. The Morgan fingerprint density at radius 3 is 2.75 bits per heavy atom. The van der Waals surface area contributed by atoms with Gasteiger partial charge in [0.1, 0.15) is 5.82 Å². The van der Waals surface area contributed by atoms with E-state index in [9.17, 15) is 9.18 Å². The number of hydrogen-bond donors (Lipinski definition) is 0. The van der Waals surface area contributed by atoms with Crippen molar-refractivity contribution >= 4 is 17.7 Å². The van der Waals surface area contributed by atoms with Crippen LogP contribution in [0.25, 0.3) is 5.69 Å². The molecule has 0 saturated carbocycles. The predicted molar refractivity (Wildman–Crippen MR) is 107 cm³/mol. The van der Waals surface area contributed by atoms with E-state index in [2.05, 4.69) is 21.6 Å². The number of hydrogen-bond acceptors (Lipinski definition) is 5. The molecule has 1 aromatic heterocycles. The third-order valence-corrected chi connectivity index (χ3v) is 5.36. The molecule has 0 aliphatic heterocycles. The molecule has 1 atom stereocenters. The zero-order valence-corrected chi connectivity index (χ0v) is 17.1. The quantitative estimate of drug-likeness (QED) is 0.593. The van der Waals surface area contributed by atoms with Crippen LogP contribution in [-0.4, -0.2) is 43.3 Å². The van der Waals surface area contributed by atoms with Gasteiger partial charge in [0.05, 0.1) is 10.9 Å². The highest BCUT2D eigenvalue weighted by Gasteiger charge is 2.22. The molecule has 0 unspecified atom stereocenters. The maximum absolute atomic E-state index is 13.4. The highest BCUT2D eigenvalue weighted by Crippen LogP contribution is 2.26. The number of thioether (sulfide) groups is 1. The lowest BCUT2D eigenvalue weighted by molar-refractivity contribution is -0.129. The van der Waals surface area contributed by atoms with Crippen molar-refractivity contribution < 1.29 is 9.18 Å². The Morgan fingerprint density at radius 2 is 2.04 bits per heavy atom. The van der Waals surface area contributed by atoms with Crippen LogP contribution in [-0.2, 0) is 11.3 Å². The highest BCUT2D eigenvalue weighted by molar-refractivity contribution is 8.00. The molecule has 0 saturated heterocycles. The van der Waals surface area contributed by atoms with Crippen LogP contribution in [0.3, 0.4) is 0 Å². The number of rotatable bonds is 6. The average Bonchev–Trinajstić information content (AvgIpc) is 3.08. The van der Waals surface area contributed by atoms with E-state index in [1.807, 2.05) is 32.9 Å². The molecule has 0 N–H and O–H groups in total. The van der Waals surface area contributed by atoms with Crippen LogP contribution < -0.4 is 0 Å². The topological polar surface area (TPSA) is 63.9 Å². The molecule has 3 aromatic rings. The van der Waals surface area contributed by atoms with E-state index in [4.69, 9.17) is 0 Å². The molecule has 8 heteroatoms. The zero-order chi connectivity index (χ0) is 20.3. The van der Waals surface area contributed by atoms with Gasteiger partial charge >= 0.3 is 0 Å². The van der Waals surface area contributed by atoms with E-state index in [1.165, 1.54) is 23.9 Å². The van der Waals surface area contributed by atoms with Crippen molar-refractivity contribution in [3.8, 4) is 5.69 Å². The lowest BCUT2D eigenvalue weighted by atomic mass is 10.1. The van der Waals surface area contributed by atoms with Gasteiger partial charge < -0.3 is 4.90 Å². The smallest absolute Gasteiger partial charge is 0.235 e. The summed E-state index contributed by atoms with van der Waals surface area (Å²) < 4.78 is 15.0. The second-order valence-corrected chi connectivity index (χ2v) is 8.06. The molecule has 0 fully saturated rings. The molecule has 0 radical (unpaired) electrons. The Labute approximate surface area is 167 Å². The van der Waals surface area contributed by atoms with E-state index in [-0.39, 0.29) is 11.7 Å². The second-order valence-electron chi connectivity index (χ2n) is 6.75. The van der Waals surface area contributed by atoms with Crippen molar-refractivity contribution in [2.75, 3.05) is 7.05 Å². The van der Waals surface area contributed by atoms with E-state index in [0.717, 1.165) is 22.4 Å². The number of aryl methyl sites for hydroxylation is 2. The molecule has 1 amide bonds. The Hall–Kier alpha value is -2.74. The summed E-state index contributed by atoms with van der Waals surface area (Å²) in [5.41, 5.74) is 3.83. The first-order valence-corrected chi connectivity index (χ1v) is 9.75. The van der Waals surface area contributed by atoms with Crippen molar-refractivity contribution in [3.05, 3.63) is 65.0 Å². The summed E-state index contributed by atoms with van der Waals surface area (Å²) in [5.74, 6) is -0.391. The standard InChI is InChI=1S/C20H22FN5OS/c1-13-8-9-18(14(2)10-13)26-20(22-23-24-26)28-15(3)19(27)25(4)12-16-6-5-7-17(21)11-16/h5-11,15H,12H2,1-4H3/t15-/m1/s1. The van der Waals surface area contributed by atoms with Crippen molar-refractivity contribution in [2.24, 2.45) is 0 Å². The summed E-state index contributed by atoms with van der Waals surface area (Å²) in [5, 5.41) is 12.1. The summed E-state index contributed by atoms with van der Waals surface area (Å²) in [4.78, 5) is 14.3. The minimum atomic E-state index is -0.394. The molecule has 2 aromatic carbocycles. The monoisotopic (exact) mass is 399 g/mol. The van der Waals surface area contributed by atoms with Crippen molar-refractivity contribution in [1.82, 2.24) is 25.1 Å². The highest BCUT2D eigenvalue weighted by atomic mass is 32.2. The van der Waals surface area contributed by atoms with Gasteiger partial charge in [-0.3, -0.25) is 4.79 Å². The first kappa shape index (κ1) is 20.0. The van der Waals surface area contributed by atoms with Gasteiger partial charge in [-0.05, 0) is 60.5 Å². The molecule has 28 heavy (non-hydrogen) atoms. The van der Waals surface area contributed by atoms with Crippen LogP contribution in [0, 0.1) is 19.7 Å². The second kappa shape index (κ2) is 8.52. The molecule has 6 nitrogen and oxygen atoms in total. The fourth-order valence-corrected chi connectivity index (χ4v) is 3.87. The van der Waals surface area contributed by atoms with Gasteiger partial charge in [0.25, 0.3) is 0 Å². The van der Waals surface area contributed by atoms with Crippen LogP contribution >= 0.6 is 11.8 Å². The van der Waals surface area contributed by atoms with E-state index >= 15 is 0 Å². The molecule has 0 aliphatic rings. The third kappa shape index (κ3) is 4.56. The molecule has 146 valence electrons. The molecule has 0 spiro atoms. The largest absolute Gasteiger partial charge is 0.340 e. The predicted octanol–water partition coefficient (Wildman–Crippen LogP) is 3.56. The Bertz CT molecular complexity index is 990. The van der Waals surface area contributed by atoms with Crippen LogP contribution in [0.5, 0.6) is 0 Å². The fraction of sp³-hybridized carbons (Fsp3) is 0.300. The molecular weight excluding hydrogens is 377 g/mol. The van der Waals surface area contributed by atoms with E-state index in [1.54, 1.807) is 28.8 Å². The maximum atomic E-state index is 13.4. The van der Waals surface area contributed by atoms with Gasteiger partial charge in [0.2, 0.25) is 11.1 Å². The molecule has 0 bridgehead atoms.